The maximum atomic E-state index is 12.5. The summed E-state index contributed by atoms with van der Waals surface area (Å²) in [5, 5.41) is 7.51. The number of carbonyl (C=O) groups excluding carboxylic acids is 3. The quantitative estimate of drug-likeness (QED) is 0.710. The predicted octanol–water partition coefficient (Wildman–Crippen LogP) is 2.70. The second-order valence-electron chi connectivity index (χ2n) is 6.46. The lowest BCUT2D eigenvalue weighted by molar-refractivity contribution is -0.150. The van der Waals surface area contributed by atoms with E-state index < -0.39 is 24.5 Å². The molecule has 7 nitrogen and oxygen atoms in total. The minimum absolute atomic E-state index is 0.199. The standard InChI is InChI=1S/C19H23N3O4S/c1-11(2)16(22-17(24)14-8-6-5-7-12(14)3)18(25)26-9-15(23)21-19-20-13(4)10-27-19/h5-8,10-11,16H,9H2,1-4H3,(H,22,24)(H,20,21,23)/t16-/m0/s1. The molecular formula is C19H23N3O4S. The zero-order valence-corrected chi connectivity index (χ0v) is 16.6. The molecule has 8 heteroatoms. The highest BCUT2D eigenvalue weighted by Gasteiger charge is 2.27. The molecule has 1 aromatic heterocycles. The first kappa shape index (κ1) is 20.6. The van der Waals surface area contributed by atoms with Crippen LogP contribution in [-0.2, 0) is 14.3 Å². The molecule has 2 rings (SSSR count). The van der Waals surface area contributed by atoms with Gasteiger partial charge in [0.25, 0.3) is 11.8 Å². The smallest absolute Gasteiger partial charge is 0.329 e. The number of anilines is 1. The van der Waals surface area contributed by atoms with Gasteiger partial charge in [0, 0.05) is 10.9 Å². The predicted molar refractivity (Wildman–Crippen MR) is 104 cm³/mol. The van der Waals surface area contributed by atoms with Crippen LogP contribution in [0.3, 0.4) is 0 Å². The van der Waals surface area contributed by atoms with E-state index in [2.05, 4.69) is 15.6 Å². The number of aryl methyl sites for hydroxylation is 2. The molecule has 0 aliphatic carbocycles. The molecule has 0 aliphatic heterocycles. The van der Waals surface area contributed by atoms with Crippen molar-refractivity contribution in [2.24, 2.45) is 5.92 Å². The number of aromatic nitrogens is 1. The molecule has 0 spiro atoms. The van der Waals surface area contributed by atoms with Crippen molar-refractivity contribution in [1.29, 1.82) is 0 Å². The van der Waals surface area contributed by atoms with Crippen LogP contribution in [0.2, 0.25) is 0 Å². The van der Waals surface area contributed by atoms with Crippen LogP contribution in [0.1, 0.15) is 35.5 Å². The summed E-state index contributed by atoms with van der Waals surface area (Å²) >= 11 is 1.29. The fourth-order valence-electron chi connectivity index (χ4n) is 2.34. The minimum atomic E-state index is -0.855. The Kier molecular flexibility index (Phi) is 7.06. The lowest BCUT2D eigenvalue weighted by Crippen LogP contribution is -2.46. The number of hydrogen-bond acceptors (Lipinski definition) is 6. The Balaban J connectivity index is 1.93. The maximum absolute atomic E-state index is 12.5. The van der Waals surface area contributed by atoms with Gasteiger partial charge in [-0.05, 0) is 31.4 Å². The molecule has 144 valence electrons. The number of rotatable bonds is 7. The third-order valence-electron chi connectivity index (χ3n) is 3.81. The summed E-state index contributed by atoms with van der Waals surface area (Å²) in [5.41, 5.74) is 2.10. The Morgan fingerprint density at radius 3 is 2.48 bits per heavy atom. The summed E-state index contributed by atoms with van der Waals surface area (Å²) in [7, 11) is 0. The molecular weight excluding hydrogens is 366 g/mol. The molecule has 0 bridgehead atoms. The third kappa shape index (κ3) is 5.89. The molecule has 0 fully saturated rings. The van der Waals surface area contributed by atoms with Crippen LogP contribution < -0.4 is 10.6 Å². The van der Waals surface area contributed by atoms with E-state index in [1.165, 1.54) is 11.3 Å². The van der Waals surface area contributed by atoms with E-state index in [0.717, 1.165) is 11.3 Å². The number of hydrogen-bond donors (Lipinski definition) is 2. The van der Waals surface area contributed by atoms with Crippen molar-refractivity contribution in [2.75, 3.05) is 11.9 Å². The van der Waals surface area contributed by atoms with Gasteiger partial charge >= 0.3 is 5.97 Å². The van der Waals surface area contributed by atoms with Gasteiger partial charge < -0.3 is 10.1 Å². The highest BCUT2D eigenvalue weighted by molar-refractivity contribution is 7.13. The molecule has 0 saturated heterocycles. The van der Waals surface area contributed by atoms with Crippen molar-refractivity contribution in [1.82, 2.24) is 10.3 Å². The van der Waals surface area contributed by atoms with Gasteiger partial charge in [0.2, 0.25) is 0 Å². The number of ether oxygens (including phenoxy) is 1. The summed E-state index contributed by atoms with van der Waals surface area (Å²) in [4.78, 5) is 40.8. The van der Waals surface area contributed by atoms with Crippen molar-refractivity contribution in [2.45, 2.75) is 33.7 Å². The van der Waals surface area contributed by atoms with E-state index in [0.29, 0.717) is 10.7 Å². The first-order chi connectivity index (χ1) is 12.8. The fraction of sp³-hybridized carbons (Fsp3) is 0.368. The minimum Gasteiger partial charge on any atom is -0.454 e. The average molecular weight is 389 g/mol. The van der Waals surface area contributed by atoms with E-state index in [4.69, 9.17) is 4.74 Å². The SMILES string of the molecule is Cc1csc(NC(=O)COC(=O)[C@@H](NC(=O)c2ccccc2C)C(C)C)n1. The van der Waals surface area contributed by atoms with Gasteiger partial charge in [-0.1, -0.05) is 32.0 Å². The summed E-state index contributed by atoms with van der Waals surface area (Å²) in [6, 6.07) is 6.25. The van der Waals surface area contributed by atoms with Gasteiger partial charge in [-0.25, -0.2) is 9.78 Å². The average Bonchev–Trinajstić information content (AvgIpc) is 3.02. The van der Waals surface area contributed by atoms with Crippen LogP contribution in [0.15, 0.2) is 29.6 Å². The van der Waals surface area contributed by atoms with Crippen molar-refractivity contribution < 1.29 is 19.1 Å². The highest BCUT2D eigenvalue weighted by Crippen LogP contribution is 2.14. The van der Waals surface area contributed by atoms with E-state index in [9.17, 15) is 14.4 Å². The van der Waals surface area contributed by atoms with Gasteiger partial charge in [-0.15, -0.1) is 11.3 Å². The molecule has 27 heavy (non-hydrogen) atoms. The van der Waals surface area contributed by atoms with Gasteiger partial charge in [0.15, 0.2) is 11.7 Å². The molecule has 0 radical (unpaired) electrons. The number of esters is 1. The topological polar surface area (TPSA) is 97.4 Å². The highest BCUT2D eigenvalue weighted by atomic mass is 32.1. The second kappa shape index (κ2) is 9.27. The van der Waals surface area contributed by atoms with E-state index in [1.807, 2.05) is 26.0 Å². The molecule has 2 amide bonds. The Bertz CT molecular complexity index is 832. The number of amides is 2. The number of benzene rings is 1. The number of carbonyl (C=O) groups is 3. The fourth-order valence-corrected chi connectivity index (χ4v) is 3.04. The molecule has 1 heterocycles. The van der Waals surface area contributed by atoms with Crippen molar-refractivity contribution in [3.05, 3.63) is 46.5 Å². The van der Waals surface area contributed by atoms with Crippen LogP contribution in [0.25, 0.3) is 0 Å². The Labute approximate surface area is 162 Å². The van der Waals surface area contributed by atoms with E-state index >= 15 is 0 Å². The van der Waals surface area contributed by atoms with Crippen LogP contribution >= 0.6 is 11.3 Å². The van der Waals surface area contributed by atoms with Crippen LogP contribution in [0.4, 0.5) is 5.13 Å². The van der Waals surface area contributed by atoms with Crippen LogP contribution in [0, 0.1) is 19.8 Å². The van der Waals surface area contributed by atoms with E-state index in [-0.39, 0.29) is 11.8 Å². The third-order valence-corrected chi connectivity index (χ3v) is 4.68. The first-order valence-electron chi connectivity index (χ1n) is 8.53. The maximum Gasteiger partial charge on any atom is 0.329 e. The van der Waals surface area contributed by atoms with Crippen LogP contribution in [-0.4, -0.2) is 35.4 Å². The zero-order chi connectivity index (χ0) is 20.0. The lowest BCUT2D eigenvalue weighted by Gasteiger charge is -2.21. The summed E-state index contributed by atoms with van der Waals surface area (Å²) in [5.74, 6) is -1.69. The number of nitrogens with one attached hydrogen (secondary N) is 2. The Morgan fingerprint density at radius 1 is 1.19 bits per heavy atom. The van der Waals surface area contributed by atoms with Crippen LogP contribution in [0.5, 0.6) is 0 Å². The number of nitrogens with zero attached hydrogens (tertiary/aromatic N) is 1. The molecule has 2 aromatic rings. The first-order valence-corrected chi connectivity index (χ1v) is 9.41. The molecule has 1 atom stereocenters. The molecule has 2 N–H and O–H groups in total. The monoisotopic (exact) mass is 389 g/mol. The van der Waals surface area contributed by atoms with Gasteiger partial charge in [-0.2, -0.15) is 0 Å². The zero-order valence-electron chi connectivity index (χ0n) is 15.7. The lowest BCUT2D eigenvalue weighted by atomic mass is 10.0. The molecule has 0 aliphatic rings. The van der Waals surface area contributed by atoms with Crippen molar-refractivity contribution in [3.8, 4) is 0 Å². The summed E-state index contributed by atoms with van der Waals surface area (Å²) in [6.07, 6.45) is 0. The second-order valence-corrected chi connectivity index (χ2v) is 7.32. The Morgan fingerprint density at radius 2 is 1.89 bits per heavy atom. The molecule has 0 unspecified atom stereocenters. The molecule has 1 aromatic carbocycles. The van der Waals surface area contributed by atoms with Gasteiger partial charge in [0.05, 0.1) is 5.69 Å². The Hall–Kier alpha value is -2.74. The summed E-state index contributed by atoms with van der Waals surface area (Å²) in [6.45, 7) is 6.78. The van der Waals surface area contributed by atoms with Gasteiger partial charge in [-0.3, -0.25) is 14.9 Å². The number of thiazole rings is 1. The summed E-state index contributed by atoms with van der Waals surface area (Å²) < 4.78 is 5.08. The van der Waals surface area contributed by atoms with Crippen molar-refractivity contribution in [3.63, 3.8) is 0 Å². The van der Waals surface area contributed by atoms with Crippen molar-refractivity contribution >= 4 is 34.3 Å². The normalized spacial score (nSPS) is 11.7. The van der Waals surface area contributed by atoms with Gasteiger partial charge in [0.1, 0.15) is 6.04 Å². The largest absolute Gasteiger partial charge is 0.454 e. The van der Waals surface area contributed by atoms with E-state index in [1.54, 1.807) is 31.4 Å². The molecule has 0 saturated carbocycles.